The van der Waals surface area contributed by atoms with Gasteiger partial charge in [-0.1, -0.05) is 36.8 Å². The number of aliphatic hydroxyl groups excluding tert-OH is 1. The number of rotatable bonds is 4. The van der Waals surface area contributed by atoms with E-state index in [4.69, 9.17) is 0 Å². The Balaban J connectivity index is 1.52. The Kier molecular flexibility index (Phi) is 3.78. The normalized spacial score (nSPS) is 15.9. The summed E-state index contributed by atoms with van der Waals surface area (Å²) in [6, 6.07) is 14.5. The minimum Gasteiger partial charge on any atom is -0.378 e. The predicted molar refractivity (Wildman–Crippen MR) is 92.7 cm³/mol. The summed E-state index contributed by atoms with van der Waals surface area (Å²) < 4.78 is 0. The summed E-state index contributed by atoms with van der Waals surface area (Å²) in [5.74, 6) is 1.12. The molecular weight excluding hydrogens is 302 g/mol. The smallest absolute Gasteiger partial charge is 0.257 e. The Bertz CT molecular complexity index is 869. The zero-order valence-corrected chi connectivity index (χ0v) is 13.2. The van der Waals surface area contributed by atoms with Crippen LogP contribution in [0.3, 0.4) is 0 Å². The van der Waals surface area contributed by atoms with Crippen molar-refractivity contribution in [1.29, 1.82) is 0 Å². The second kappa shape index (κ2) is 6.09. The van der Waals surface area contributed by atoms with Crippen molar-refractivity contribution in [2.24, 2.45) is 0 Å². The van der Waals surface area contributed by atoms with Gasteiger partial charge >= 0.3 is 0 Å². The second-order valence-electron chi connectivity index (χ2n) is 6.28. The van der Waals surface area contributed by atoms with Crippen LogP contribution in [0.5, 0.6) is 0 Å². The molecule has 122 valence electrons. The average Bonchev–Trinajstić information content (AvgIpc) is 2.95. The summed E-state index contributed by atoms with van der Waals surface area (Å²) in [4.78, 5) is 20.2. The minimum atomic E-state index is -1.19. The van der Waals surface area contributed by atoms with E-state index >= 15 is 0 Å². The van der Waals surface area contributed by atoms with Crippen molar-refractivity contribution in [2.75, 3.05) is 5.32 Å². The highest BCUT2D eigenvalue weighted by Gasteiger charge is 2.23. The first kappa shape index (κ1) is 14.9. The average molecular weight is 321 g/mol. The molecule has 5 heteroatoms. The largest absolute Gasteiger partial charge is 0.378 e. The number of carbonyl (C=O) groups is 1. The van der Waals surface area contributed by atoms with E-state index in [0.717, 1.165) is 16.9 Å². The molecule has 1 heterocycles. The minimum absolute atomic E-state index is 0.445. The lowest BCUT2D eigenvalue weighted by Crippen LogP contribution is -2.20. The molecule has 0 saturated heterocycles. The molecule has 5 nitrogen and oxygen atoms in total. The van der Waals surface area contributed by atoms with Crippen molar-refractivity contribution in [3.8, 4) is 0 Å². The number of carbonyl (C=O) groups excluding carboxylic acids is 1. The Morgan fingerprint density at radius 2 is 2.00 bits per heavy atom. The summed E-state index contributed by atoms with van der Waals surface area (Å²) in [5.41, 5.74) is 3.03. The third-order valence-electron chi connectivity index (χ3n) is 4.62. The highest BCUT2D eigenvalue weighted by molar-refractivity contribution is 5.96. The number of nitrogens with one attached hydrogen (secondary N) is 2. The third kappa shape index (κ3) is 2.78. The molecule has 3 aromatic rings. The predicted octanol–water partition coefficient (Wildman–Crippen LogP) is 3.50. The standard InChI is InChI=1S/C19H19N3O2/c23-17(12-5-2-1-3-6-12)19(24)20-14-9-10-15-16(11-14)22-18(21-15)13-7-4-8-13/h1-3,5-6,9-11,13,17,23H,4,7-8H2,(H,20,24)(H,21,22). The number of aliphatic hydroxyl groups is 1. The van der Waals surface area contributed by atoms with Crippen LogP contribution in [0.1, 0.15) is 42.7 Å². The summed E-state index contributed by atoms with van der Waals surface area (Å²) in [6.07, 6.45) is 2.45. The molecule has 1 fully saturated rings. The van der Waals surface area contributed by atoms with Crippen molar-refractivity contribution in [1.82, 2.24) is 9.97 Å². The van der Waals surface area contributed by atoms with E-state index in [0.29, 0.717) is 17.2 Å². The lowest BCUT2D eigenvalue weighted by Gasteiger charge is -2.22. The number of amides is 1. The monoisotopic (exact) mass is 321 g/mol. The maximum Gasteiger partial charge on any atom is 0.257 e. The molecule has 3 N–H and O–H groups in total. The summed E-state index contributed by atoms with van der Waals surface area (Å²) in [5, 5.41) is 12.9. The van der Waals surface area contributed by atoms with Gasteiger partial charge in [-0.05, 0) is 36.6 Å². The van der Waals surface area contributed by atoms with Crippen molar-refractivity contribution in [3.05, 3.63) is 59.9 Å². The molecule has 0 bridgehead atoms. The Morgan fingerprint density at radius 1 is 1.21 bits per heavy atom. The van der Waals surface area contributed by atoms with Crippen LogP contribution in [0.25, 0.3) is 11.0 Å². The first-order valence-electron chi connectivity index (χ1n) is 8.24. The van der Waals surface area contributed by atoms with Gasteiger partial charge in [0.25, 0.3) is 5.91 Å². The number of nitrogens with zero attached hydrogens (tertiary/aromatic N) is 1. The molecule has 2 aromatic carbocycles. The zero-order valence-electron chi connectivity index (χ0n) is 13.2. The maximum absolute atomic E-state index is 12.2. The number of imidazole rings is 1. The molecule has 1 saturated carbocycles. The van der Waals surface area contributed by atoms with Crippen molar-refractivity contribution < 1.29 is 9.90 Å². The molecule has 0 aliphatic heterocycles. The van der Waals surface area contributed by atoms with Gasteiger partial charge in [-0.15, -0.1) is 0 Å². The number of aromatic amines is 1. The molecule has 0 spiro atoms. The topological polar surface area (TPSA) is 78.0 Å². The fourth-order valence-electron chi connectivity index (χ4n) is 2.98. The highest BCUT2D eigenvalue weighted by Crippen LogP contribution is 2.35. The number of fused-ring (bicyclic) bond motifs is 1. The van der Waals surface area contributed by atoms with E-state index in [9.17, 15) is 9.90 Å². The molecule has 1 aliphatic carbocycles. The Hall–Kier alpha value is -2.66. The van der Waals surface area contributed by atoms with Gasteiger partial charge in [-0.3, -0.25) is 4.79 Å². The van der Waals surface area contributed by atoms with Gasteiger partial charge < -0.3 is 15.4 Å². The van der Waals surface area contributed by atoms with Gasteiger partial charge in [0, 0.05) is 11.6 Å². The van der Waals surface area contributed by atoms with Crippen molar-refractivity contribution in [2.45, 2.75) is 31.3 Å². The van der Waals surface area contributed by atoms with E-state index in [1.54, 1.807) is 24.3 Å². The van der Waals surface area contributed by atoms with E-state index in [1.807, 2.05) is 24.3 Å². The van der Waals surface area contributed by atoms with Crippen LogP contribution in [-0.4, -0.2) is 21.0 Å². The fourth-order valence-corrected chi connectivity index (χ4v) is 2.98. The van der Waals surface area contributed by atoms with Gasteiger partial charge in [-0.2, -0.15) is 0 Å². The molecule has 1 aromatic heterocycles. The number of hydrogen-bond acceptors (Lipinski definition) is 3. The third-order valence-corrected chi connectivity index (χ3v) is 4.62. The molecule has 1 unspecified atom stereocenters. The van der Waals surface area contributed by atoms with E-state index < -0.39 is 12.0 Å². The summed E-state index contributed by atoms with van der Waals surface area (Å²) in [7, 11) is 0. The number of benzene rings is 2. The molecular formula is C19H19N3O2. The number of aromatic nitrogens is 2. The first-order valence-corrected chi connectivity index (χ1v) is 8.24. The van der Waals surface area contributed by atoms with Crippen LogP contribution in [0.2, 0.25) is 0 Å². The molecule has 1 aliphatic rings. The zero-order chi connectivity index (χ0) is 16.5. The lowest BCUT2D eigenvalue weighted by molar-refractivity contribution is -0.124. The van der Waals surface area contributed by atoms with Gasteiger partial charge in [-0.25, -0.2) is 4.98 Å². The van der Waals surface area contributed by atoms with Crippen LogP contribution < -0.4 is 5.32 Å². The van der Waals surface area contributed by atoms with E-state index in [1.165, 1.54) is 19.3 Å². The summed E-state index contributed by atoms with van der Waals surface area (Å²) in [6.45, 7) is 0. The number of hydrogen-bond donors (Lipinski definition) is 3. The second-order valence-corrected chi connectivity index (χ2v) is 6.28. The first-order chi connectivity index (χ1) is 11.7. The number of H-pyrrole nitrogens is 1. The van der Waals surface area contributed by atoms with Crippen molar-refractivity contribution in [3.63, 3.8) is 0 Å². The van der Waals surface area contributed by atoms with Crippen LogP contribution in [0.15, 0.2) is 48.5 Å². The fraction of sp³-hybridized carbons (Fsp3) is 0.263. The molecule has 4 rings (SSSR count). The Labute approximate surface area is 139 Å². The molecule has 24 heavy (non-hydrogen) atoms. The summed E-state index contributed by atoms with van der Waals surface area (Å²) >= 11 is 0. The number of anilines is 1. The van der Waals surface area contributed by atoms with E-state index in [2.05, 4.69) is 15.3 Å². The SMILES string of the molecule is O=C(Nc1ccc2nc(C3CCC3)[nH]c2c1)C(O)c1ccccc1. The van der Waals surface area contributed by atoms with Gasteiger partial charge in [0.05, 0.1) is 11.0 Å². The Morgan fingerprint density at radius 3 is 2.71 bits per heavy atom. The van der Waals surface area contributed by atoms with Crippen LogP contribution in [0, 0.1) is 0 Å². The lowest BCUT2D eigenvalue weighted by atomic mass is 9.85. The maximum atomic E-state index is 12.2. The van der Waals surface area contributed by atoms with Gasteiger partial charge in [0.15, 0.2) is 6.10 Å². The quantitative estimate of drug-likeness (QED) is 0.688. The molecule has 1 atom stereocenters. The van der Waals surface area contributed by atoms with Gasteiger partial charge in [0.2, 0.25) is 0 Å². The highest BCUT2D eigenvalue weighted by atomic mass is 16.3. The molecule has 0 radical (unpaired) electrons. The van der Waals surface area contributed by atoms with Gasteiger partial charge in [0.1, 0.15) is 5.82 Å². The van der Waals surface area contributed by atoms with Crippen LogP contribution >= 0.6 is 0 Å². The van der Waals surface area contributed by atoms with Crippen molar-refractivity contribution >= 4 is 22.6 Å². The van der Waals surface area contributed by atoms with Crippen LogP contribution in [0.4, 0.5) is 5.69 Å². The van der Waals surface area contributed by atoms with Crippen LogP contribution in [-0.2, 0) is 4.79 Å². The van der Waals surface area contributed by atoms with E-state index in [-0.39, 0.29) is 0 Å². The molecule has 1 amide bonds.